The number of hydrogen-bond donors (Lipinski definition) is 0. The monoisotopic (exact) mass is 905 g/mol. The minimum atomic E-state index is -0.626. The van der Waals surface area contributed by atoms with E-state index in [4.69, 9.17) is 14.2 Å². The summed E-state index contributed by atoms with van der Waals surface area (Å²) in [5.74, 6) is -0.551. The van der Waals surface area contributed by atoms with Crippen LogP contribution in [0.1, 0.15) is 175 Å². The molecular formula is C61H92O5. The van der Waals surface area contributed by atoms with Crippen molar-refractivity contribution in [3.8, 4) is 0 Å². The lowest BCUT2D eigenvalue weighted by Gasteiger charge is -2.18. The van der Waals surface area contributed by atoms with Gasteiger partial charge < -0.3 is 14.2 Å². The highest BCUT2D eigenvalue weighted by Gasteiger charge is 2.17. The van der Waals surface area contributed by atoms with Crippen molar-refractivity contribution in [2.45, 2.75) is 181 Å². The second kappa shape index (κ2) is 54.6. The van der Waals surface area contributed by atoms with Crippen LogP contribution in [0.15, 0.2) is 170 Å². The topological polar surface area (TPSA) is 61.8 Å². The predicted molar refractivity (Wildman–Crippen MR) is 287 cm³/mol. The molecule has 0 radical (unpaired) electrons. The van der Waals surface area contributed by atoms with Crippen molar-refractivity contribution < 1.29 is 23.8 Å². The Morgan fingerprint density at radius 1 is 0.333 bits per heavy atom. The third-order valence-corrected chi connectivity index (χ3v) is 9.75. The number of carbonyl (C=O) groups is 2. The van der Waals surface area contributed by atoms with E-state index < -0.39 is 6.10 Å². The van der Waals surface area contributed by atoms with Crippen molar-refractivity contribution in [2.75, 3.05) is 19.8 Å². The summed E-state index contributed by atoms with van der Waals surface area (Å²) in [4.78, 5) is 25.4. The Morgan fingerprint density at radius 3 is 1.05 bits per heavy atom. The Balaban J connectivity index is 4.57. The SMILES string of the molecule is CC/C=C\C/C=C\C/C=C\C/C=C\C/C=C\CCCC(=O)OCC(COCC/C=C\C/C=C\C/C=C\C/C=C\C/C=C\CC)OC(=O)CCCCCC/C=C\C/C=C\C/C=C\C/C=C\CC. The Kier molecular flexibility index (Phi) is 50.7. The van der Waals surface area contributed by atoms with Gasteiger partial charge in [-0.2, -0.15) is 0 Å². The molecule has 1 unspecified atom stereocenters. The smallest absolute Gasteiger partial charge is 0.306 e. The molecule has 0 saturated heterocycles. The number of ether oxygens (including phenoxy) is 3. The molecule has 0 aliphatic heterocycles. The fraction of sp³-hybridized carbons (Fsp3) is 0.508. The first-order valence-corrected chi connectivity index (χ1v) is 25.7. The first-order chi connectivity index (χ1) is 32.6. The van der Waals surface area contributed by atoms with E-state index in [1.54, 1.807) is 0 Å². The normalized spacial score (nSPS) is 13.7. The molecule has 0 saturated carbocycles. The Bertz CT molecular complexity index is 1540. The molecule has 1 atom stereocenters. The summed E-state index contributed by atoms with van der Waals surface area (Å²) in [7, 11) is 0. The molecule has 0 aliphatic rings. The summed E-state index contributed by atoms with van der Waals surface area (Å²) in [6.45, 7) is 7.15. The predicted octanol–water partition coefficient (Wildman–Crippen LogP) is 17.7. The summed E-state index contributed by atoms with van der Waals surface area (Å²) >= 11 is 0. The van der Waals surface area contributed by atoms with E-state index in [1.165, 1.54) is 0 Å². The highest BCUT2D eigenvalue weighted by molar-refractivity contribution is 5.70. The molecule has 0 rings (SSSR count). The van der Waals surface area contributed by atoms with Gasteiger partial charge in [0.2, 0.25) is 0 Å². The maximum atomic E-state index is 12.8. The van der Waals surface area contributed by atoms with Gasteiger partial charge in [-0.15, -0.1) is 0 Å². The lowest BCUT2D eigenvalue weighted by Crippen LogP contribution is -2.30. The molecular weight excluding hydrogens is 813 g/mol. The molecule has 0 aromatic heterocycles. The molecule has 0 aliphatic carbocycles. The highest BCUT2D eigenvalue weighted by atomic mass is 16.6. The standard InChI is InChI=1S/C61H92O5/c1-4-7-10-13-16-19-22-25-28-31-33-36-39-42-45-48-51-54-60(62)65-58-59(57-64-56-53-50-47-44-41-38-35-30-27-24-21-18-15-12-9-6-3)66-61(63)55-52-49-46-43-40-37-34-32-29-26-23-20-17-14-11-8-5-2/h7-12,16-21,25-30,33-34,36-38,41-42,45,47,50,59H,4-6,13-15,22-24,31-32,35,39-40,43-44,46,48-49,51-58H2,1-3H3/b10-7-,11-8-,12-9-,19-16-,20-17-,21-18-,28-25-,29-26-,30-27-,36-33-,37-34-,41-38-,45-42-,50-47-. The van der Waals surface area contributed by atoms with Gasteiger partial charge in [0.05, 0.1) is 13.2 Å². The van der Waals surface area contributed by atoms with E-state index in [1.807, 2.05) is 0 Å². The molecule has 5 nitrogen and oxygen atoms in total. The van der Waals surface area contributed by atoms with Gasteiger partial charge in [0.15, 0.2) is 6.10 Å². The van der Waals surface area contributed by atoms with Crippen LogP contribution < -0.4 is 0 Å². The van der Waals surface area contributed by atoms with Gasteiger partial charge in [-0.25, -0.2) is 0 Å². The largest absolute Gasteiger partial charge is 0.462 e. The van der Waals surface area contributed by atoms with Crippen LogP contribution in [0.2, 0.25) is 0 Å². The van der Waals surface area contributed by atoms with E-state index in [9.17, 15) is 9.59 Å². The van der Waals surface area contributed by atoms with Gasteiger partial charge in [0, 0.05) is 12.8 Å². The van der Waals surface area contributed by atoms with E-state index in [-0.39, 0.29) is 25.2 Å². The van der Waals surface area contributed by atoms with Crippen LogP contribution in [-0.2, 0) is 23.8 Å². The maximum Gasteiger partial charge on any atom is 0.306 e. The van der Waals surface area contributed by atoms with E-state index >= 15 is 0 Å². The molecule has 0 amide bonds. The van der Waals surface area contributed by atoms with Crippen molar-refractivity contribution in [2.24, 2.45) is 0 Å². The lowest BCUT2D eigenvalue weighted by molar-refractivity contribution is -0.162. The number of rotatable bonds is 44. The molecule has 0 spiro atoms. The summed E-state index contributed by atoms with van der Waals surface area (Å²) in [5, 5.41) is 0. The zero-order valence-electron chi connectivity index (χ0n) is 41.9. The average molecular weight is 905 g/mol. The van der Waals surface area contributed by atoms with Gasteiger partial charge in [-0.1, -0.05) is 204 Å². The first kappa shape index (κ1) is 61.3. The highest BCUT2D eigenvalue weighted by Crippen LogP contribution is 2.10. The first-order valence-electron chi connectivity index (χ1n) is 25.7. The van der Waals surface area contributed by atoms with Crippen molar-refractivity contribution in [3.63, 3.8) is 0 Å². The molecule has 366 valence electrons. The Hall–Kier alpha value is -4.74. The number of carbonyl (C=O) groups excluding carboxylic acids is 2. The van der Waals surface area contributed by atoms with Crippen molar-refractivity contribution in [1.82, 2.24) is 0 Å². The minimum absolute atomic E-state index is 0.00276. The minimum Gasteiger partial charge on any atom is -0.462 e. The van der Waals surface area contributed by atoms with Crippen molar-refractivity contribution in [1.29, 1.82) is 0 Å². The van der Waals surface area contributed by atoms with Crippen LogP contribution in [0.4, 0.5) is 0 Å². The molecule has 0 heterocycles. The zero-order chi connectivity index (χ0) is 47.7. The number of unbranched alkanes of at least 4 members (excludes halogenated alkanes) is 5. The molecule has 66 heavy (non-hydrogen) atoms. The summed E-state index contributed by atoms with van der Waals surface area (Å²) in [6, 6.07) is 0. The fourth-order valence-corrected chi connectivity index (χ4v) is 6.07. The van der Waals surface area contributed by atoms with Gasteiger partial charge in [-0.05, 0) is 128 Å². The van der Waals surface area contributed by atoms with Gasteiger partial charge in [0.1, 0.15) is 6.61 Å². The number of esters is 2. The number of hydrogen-bond acceptors (Lipinski definition) is 5. The molecule has 0 aromatic carbocycles. The second-order valence-corrected chi connectivity index (χ2v) is 15.9. The summed E-state index contributed by atoms with van der Waals surface area (Å²) in [6.07, 6.45) is 82.4. The molecule has 0 aromatic rings. The van der Waals surface area contributed by atoms with E-state index in [0.717, 1.165) is 135 Å². The average Bonchev–Trinajstić information content (AvgIpc) is 3.32. The Labute approximate surface area is 405 Å². The van der Waals surface area contributed by atoms with Gasteiger partial charge in [0.25, 0.3) is 0 Å². The van der Waals surface area contributed by atoms with Crippen molar-refractivity contribution in [3.05, 3.63) is 170 Å². The molecule has 5 heteroatoms. The lowest BCUT2D eigenvalue weighted by atomic mass is 10.1. The third-order valence-electron chi connectivity index (χ3n) is 9.75. The van der Waals surface area contributed by atoms with Crippen LogP contribution in [0.5, 0.6) is 0 Å². The van der Waals surface area contributed by atoms with Crippen LogP contribution in [0, 0.1) is 0 Å². The molecule has 0 fully saturated rings. The van der Waals surface area contributed by atoms with Crippen LogP contribution >= 0.6 is 0 Å². The van der Waals surface area contributed by atoms with Crippen LogP contribution in [0.3, 0.4) is 0 Å². The molecule has 0 bridgehead atoms. The van der Waals surface area contributed by atoms with Gasteiger partial charge >= 0.3 is 11.9 Å². The van der Waals surface area contributed by atoms with Gasteiger partial charge in [-0.3, -0.25) is 9.59 Å². The third kappa shape index (κ3) is 51.9. The second-order valence-electron chi connectivity index (χ2n) is 15.9. The van der Waals surface area contributed by atoms with Crippen LogP contribution in [-0.4, -0.2) is 37.9 Å². The quantitative estimate of drug-likeness (QED) is 0.0346. The van der Waals surface area contributed by atoms with Crippen molar-refractivity contribution >= 4 is 11.9 Å². The molecule has 0 N–H and O–H groups in total. The summed E-state index contributed by atoms with van der Waals surface area (Å²) < 4.78 is 17.2. The number of allylic oxidation sites excluding steroid dienone is 27. The maximum absolute atomic E-state index is 12.8. The summed E-state index contributed by atoms with van der Waals surface area (Å²) in [5.41, 5.74) is 0. The van der Waals surface area contributed by atoms with E-state index in [2.05, 4.69) is 191 Å². The Morgan fingerprint density at radius 2 is 0.652 bits per heavy atom. The van der Waals surface area contributed by atoms with Crippen LogP contribution in [0.25, 0.3) is 0 Å². The fourth-order valence-electron chi connectivity index (χ4n) is 6.07. The van der Waals surface area contributed by atoms with E-state index in [0.29, 0.717) is 25.9 Å². The zero-order valence-corrected chi connectivity index (χ0v) is 41.9.